The maximum absolute atomic E-state index is 2.22. The molecule has 0 radical (unpaired) electrons. The van der Waals surface area contributed by atoms with Gasteiger partial charge in [0.05, 0.1) is 3.85 Å². The van der Waals surface area contributed by atoms with Crippen molar-refractivity contribution >= 4 is 60.2 Å². The standard InChI is InChI=1S/C16H10S3/c1-3-11-4-2-6-14-15(11)13(5-1)18-16(19-14)12-7-9-17-10-8-12/h1-10H. The molecule has 1 aromatic heterocycles. The Morgan fingerprint density at radius 3 is 2.00 bits per heavy atom. The van der Waals surface area contributed by atoms with Crippen LogP contribution in [0, 0.1) is 0 Å². The second-order valence-corrected chi connectivity index (χ2v) is 7.48. The van der Waals surface area contributed by atoms with E-state index < -0.39 is 0 Å². The van der Waals surface area contributed by atoms with Gasteiger partial charge in [-0.1, -0.05) is 24.3 Å². The Kier molecular flexibility index (Phi) is 2.84. The summed E-state index contributed by atoms with van der Waals surface area (Å²) in [6.45, 7) is 0. The molecule has 4 rings (SSSR count). The molecule has 0 N–H and O–H groups in total. The molecule has 1 aliphatic rings. The highest BCUT2D eigenvalue weighted by molar-refractivity contribution is 8.05. The Morgan fingerprint density at radius 1 is 0.737 bits per heavy atom. The first-order valence-electron chi connectivity index (χ1n) is 6.02. The highest BCUT2D eigenvalue weighted by Crippen LogP contribution is 2.30. The van der Waals surface area contributed by atoms with Gasteiger partial charge in [0, 0.05) is 20.4 Å². The van der Waals surface area contributed by atoms with Crippen molar-refractivity contribution < 1.29 is 0 Å². The van der Waals surface area contributed by atoms with Crippen molar-refractivity contribution in [1.82, 2.24) is 0 Å². The van der Waals surface area contributed by atoms with E-state index in [4.69, 9.17) is 0 Å². The lowest BCUT2D eigenvalue weighted by Crippen LogP contribution is -1.96. The molecular weight excluding hydrogens is 288 g/mol. The fourth-order valence-corrected chi connectivity index (χ4v) is 5.42. The first-order chi connectivity index (χ1) is 9.42. The van der Waals surface area contributed by atoms with Gasteiger partial charge in [-0.05, 0) is 40.5 Å². The fraction of sp³-hybridized carbons (Fsp3) is 0. The van der Waals surface area contributed by atoms with Gasteiger partial charge in [-0.2, -0.15) is 0 Å². The molecule has 3 heteroatoms. The number of thioether (sulfide) groups is 1. The van der Waals surface area contributed by atoms with Gasteiger partial charge in [0.1, 0.15) is 0 Å². The predicted molar refractivity (Wildman–Crippen MR) is 90.5 cm³/mol. The molecule has 2 aromatic carbocycles. The number of hydrogen-bond donors (Lipinski definition) is 0. The van der Waals surface area contributed by atoms with Gasteiger partial charge in [0.25, 0.3) is 0 Å². The minimum absolute atomic E-state index is 1.32. The second-order valence-electron chi connectivity index (χ2n) is 4.30. The van der Waals surface area contributed by atoms with Crippen molar-refractivity contribution in [2.75, 3.05) is 0 Å². The summed E-state index contributed by atoms with van der Waals surface area (Å²) < 4.78 is 4.11. The first-order valence-corrected chi connectivity index (χ1v) is 8.60. The Hall–Kier alpha value is -1.29. The van der Waals surface area contributed by atoms with E-state index in [1.54, 1.807) is 11.8 Å². The largest absolute Gasteiger partial charge is 0.124 e. The summed E-state index contributed by atoms with van der Waals surface area (Å²) in [6.07, 6.45) is 4.40. The minimum Gasteiger partial charge on any atom is -0.124 e. The summed E-state index contributed by atoms with van der Waals surface area (Å²) >= 11 is 5.50. The third-order valence-corrected chi connectivity index (χ3v) is 6.17. The van der Waals surface area contributed by atoms with Crippen LogP contribution in [0.2, 0.25) is 0 Å². The third kappa shape index (κ3) is 1.98. The molecule has 2 heterocycles. The van der Waals surface area contributed by atoms with E-state index in [1.165, 1.54) is 29.6 Å². The Morgan fingerprint density at radius 2 is 1.37 bits per heavy atom. The van der Waals surface area contributed by atoms with Crippen LogP contribution in [0.4, 0.5) is 0 Å². The highest BCUT2D eigenvalue weighted by atomic mass is 32.2. The topological polar surface area (TPSA) is 0 Å². The maximum atomic E-state index is 2.22. The zero-order valence-corrected chi connectivity index (χ0v) is 12.4. The zero-order chi connectivity index (χ0) is 12.7. The van der Waals surface area contributed by atoms with Crippen molar-refractivity contribution in [3.8, 4) is 0 Å². The Balaban J connectivity index is 2.19. The van der Waals surface area contributed by atoms with Gasteiger partial charge >= 0.3 is 0 Å². The normalized spacial score (nSPS) is 14.6. The van der Waals surface area contributed by atoms with E-state index in [1.807, 2.05) is 22.7 Å². The zero-order valence-electron chi connectivity index (χ0n) is 10.00. The van der Waals surface area contributed by atoms with Crippen LogP contribution in [-0.4, -0.2) is 0 Å². The number of allylic oxidation sites excluding steroid dienone is 2. The molecular formula is C16H10S3. The van der Waals surface area contributed by atoms with Gasteiger partial charge in [-0.25, -0.2) is 0 Å². The molecule has 0 spiro atoms. The van der Waals surface area contributed by atoms with E-state index in [2.05, 4.69) is 59.4 Å². The summed E-state index contributed by atoms with van der Waals surface area (Å²) in [6, 6.07) is 13.1. The molecule has 0 amide bonds. The van der Waals surface area contributed by atoms with E-state index >= 15 is 0 Å². The van der Waals surface area contributed by atoms with Crippen molar-refractivity contribution in [2.45, 2.75) is 0 Å². The van der Waals surface area contributed by atoms with Crippen LogP contribution < -0.4 is 3.85 Å². The summed E-state index contributed by atoms with van der Waals surface area (Å²) in [5.41, 5.74) is 1.32. The molecule has 92 valence electrons. The van der Waals surface area contributed by atoms with Gasteiger partial charge in [0.15, 0.2) is 0 Å². The van der Waals surface area contributed by atoms with E-state index in [-0.39, 0.29) is 0 Å². The third-order valence-electron chi connectivity index (χ3n) is 3.12. The highest BCUT2D eigenvalue weighted by Gasteiger charge is 2.04. The van der Waals surface area contributed by atoms with Crippen LogP contribution in [0.25, 0.3) is 25.7 Å². The molecule has 0 saturated carbocycles. The molecule has 0 saturated heterocycles. The molecule has 0 nitrogen and oxygen atoms in total. The van der Waals surface area contributed by atoms with Crippen molar-refractivity contribution in [3.05, 3.63) is 63.2 Å². The smallest absolute Gasteiger partial charge is 0.0877 e. The lowest BCUT2D eigenvalue weighted by molar-refractivity contribution is 1.85. The number of hydrogen-bond acceptors (Lipinski definition) is 3. The van der Waals surface area contributed by atoms with Crippen LogP contribution in [0.3, 0.4) is 0 Å². The summed E-state index contributed by atoms with van der Waals surface area (Å²) in [5.74, 6) is 0. The minimum atomic E-state index is 1.32. The predicted octanol–water partition coefficient (Wildman–Crippen LogP) is 5.32. The van der Waals surface area contributed by atoms with Gasteiger partial charge < -0.3 is 0 Å². The number of benzene rings is 2. The quantitative estimate of drug-likeness (QED) is 0.541. The fourth-order valence-electron chi connectivity index (χ4n) is 2.24. The van der Waals surface area contributed by atoms with Crippen LogP contribution in [0.15, 0.2) is 59.4 Å². The molecule has 0 aliphatic carbocycles. The molecule has 19 heavy (non-hydrogen) atoms. The lowest BCUT2D eigenvalue weighted by Gasteiger charge is -2.05. The van der Waals surface area contributed by atoms with Crippen molar-refractivity contribution in [1.29, 1.82) is 0 Å². The van der Waals surface area contributed by atoms with Crippen molar-refractivity contribution in [2.24, 2.45) is 0 Å². The number of rotatable bonds is 0. The maximum Gasteiger partial charge on any atom is 0.0877 e. The average molecular weight is 298 g/mol. The monoisotopic (exact) mass is 298 g/mol. The molecule has 0 unspecified atom stereocenters. The van der Waals surface area contributed by atoms with Crippen molar-refractivity contribution in [3.63, 3.8) is 0 Å². The van der Waals surface area contributed by atoms with E-state index in [9.17, 15) is 0 Å². The Labute approximate surface area is 123 Å². The van der Waals surface area contributed by atoms with Crippen LogP contribution in [-0.2, 0) is 0 Å². The molecule has 0 bridgehead atoms. The van der Waals surface area contributed by atoms with Gasteiger partial charge in [0.2, 0.25) is 0 Å². The SMILES string of the molecule is C1=CC(=c2sc3cccc4cccc(s2)c43)C=CS1. The summed E-state index contributed by atoms with van der Waals surface area (Å²) in [5, 5.41) is 7.03. The lowest BCUT2D eigenvalue weighted by atomic mass is 10.1. The first kappa shape index (κ1) is 11.5. The van der Waals surface area contributed by atoms with Gasteiger partial charge in [-0.3, -0.25) is 0 Å². The Bertz CT molecular complexity index is 825. The molecule has 1 aliphatic heterocycles. The molecule has 0 atom stereocenters. The van der Waals surface area contributed by atoms with Crippen LogP contribution in [0.1, 0.15) is 0 Å². The molecule has 0 fully saturated rings. The molecule has 3 aromatic rings. The van der Waals surface area contributed by atoms with Gasteiger partial charge in [-0.15, -0.1) is 34.4 Å². The van der Waals surface area contributed by atoms with E-state index in [0.717, 1.165) is 0 Å². The summed E-state index contributed by atoms with van der Waals surface area (Å²) in [7, 11) is 0. The van der Waals surface area contributed by atoms with E-state index in [0.29, 0.717) is 0 Å². The second kappa shape index (κ2) is 4.67. The van der Waals surface area contributed by atoms with Crippen LogP contribution in [0.5, 0.6) is 0 Å². The van der Waals surface area contributed by atoms with Crippen LogP contribution >= 0.6 is 34.4 Å². The average Bonchev–Trinajstić information content (AvgIpc) is 2.49. The summed E-state index contributed by atoms with van der Waals surface area (Å²) in [4.78, 5) is 0.